The lowest BCUT2D eigenvalue weighted by molar-refractivity contribution is -0.115. The van der Waals surface area contributed by atoms with Crippen LogP contribution in [-0.4, -0.2) is 21.1 Å². The first kappa shape index (κ1) is 17.8. The summed E-state index contributed by atoms with van der Waals surface area (Å²) >= 11 is 2.87. The maximum absolute atomic E-state index is 13.7. The average Bonchev–Trinajstić information content (AvgIpc) is 2.85. The molecule has 0 unspecified atom stereocenters. The number of anilines is 1. The van der Waals surface area contributed by atoms with Crippen molar-refractivity contribution in [2.75, 3.05) is 5.32 Å². The lowest BCUT2D eigenvalue weighted by atomic mass is 10.2. The summed E-state index contributed by atoms with van der Waals surface area (Å²) < 4.78 is 26.6. The number of nitrogens with zero attached hydrogens (tertiary/aromatic N) is 2. The normalized spacial score (nSPS) is 12.4. The Morgan fingerprint density at radius 3 is 2.76 bits per heavy atom. The maximum atomic E-state index is 13.7. The largest absolute Gasteiger partial charge is 0.323 e. The van der Waals surface area contributed by atoms with Crippen molar-refractivity contribution in [3.8, 4) is 0 Å². The van der Waals surface area contributed by atoms with Crippen LogP contribution in [0.4, 0.5) is 14.5 Å². The van der Waals surface area contributed by atoms with Gasteiger partial charge < -0.3 is 5.32 Å². The number of benzene rings is 1. The van der Waals surface area contributed by atoms with Crippen molar-refractivity contribution in [3.63, 3.8) is 0 Å². The smallest absolute Gasteiger partial charge is 0.237 e. The molecular formula is C17H15F2N3OS2. The van der Waals surface area contributed by atoms with Gasteiger partial charge in [-0.2, -0.15) is 0 Å². The molecule has 130 valence electrons. The third-order valence-electron chi connectivity index (χ3n) is 3.78. The van der Waals surface area contributed by atoms with Crippen molar-refractivity contribution in [2.45, 2.75) is 31.0 Å². The number of carbonyl (C=O) groups is 1. The van der Waals surface area contributed by atoms with Gasteiger partial charge in [-0.3, -0.25) is 4.79 Å². The number of thioether (sulfide) groups is 1. The number of thiophene rings is 1. The Morgan fingerprint density at radius 1 is 1.28 bits per heavy atom. The van der Waals surface area contributed by atoms with E-state index in [1.54, 1.807) is 18.3 Å². The molecule has 1 atom stereocenters. The van der Waals surface area contributed by atoms with E-state index in [4.69, 9.17) is 0 Å². The van der Waals surface area contributed by atoms with E-state index in [0.717, 1.165) is 32.8 Å². The number of aromatic nitrogens is 2. The molecule has 0 aliphatic heterocycles. The predicted molar refractivity (Wildman–Crippen MR) is 97.2 cm³/mol. The molecule has 3 rings (SSSR count). The highest BCUT2D eigenvalue weighted by atomic mass is 32.2. The highest BCUT2D eigenvalue weighted by Crippen LogP contribution is 2.36. The minimum absolute atomic E-state index is 0.0470. The Labute approximate surface area is 151 Å². The van der Waals surface area contributed by atoms with Gasteiger partial charge in [-0.05, 0) is 38.5 Å². The van der Waals surface area contributed by atoms with E-state index in [1.165, 1.54) is 24.2 Å². The fourth-order valence-electron chi connectivity index (χ4n) is 2.29. The van der Waals surface area contributed by atoms with Crippen molar-refractivity contribution in [2.24, 2.45) is 0 Å². The minimum atomic E-state index is -0.806. The van der Waals surface area contributed by atoms with Gasteiger partial charge in [0.15, 0.2) is 0 Å². The Bertz CT molecular complexity index is 958. The molecule has 0 saturated carbocycles. The van der Waals surface area contributed by atoms with Crippen LogP contribution in [0.1, 0.15) is 17.4 Å². The highest BCUT2D eigenvalue weighted by molar-refractivity contribution is 8.00. The molecule has 1 N–H and O–H groups in total. The number of amides is 1. The fraction of sp³-hybridized carbons (Fsp3) is 0.235. The molecule has 1 aromatic carbocycles. The van der Waals surface area contributed by atoms with Gasteiger partial charge in [0, 0.05) is 16.3 Å². The second-order valence-electron chi connectivity index (χ2n) is 5.52. The molecule has 0 aliphatic carbocycles. The van der Waals surface area contributed by atoms with Gasteiger partial charge in [-0.1, -0.05) is 11.8 Å². The first-order valence-electron chi connectivity index (χ1n) is 7.50. The molecule has 25 heavy (non-hydrogen) atoms. The summed E-state index contributed by atoms with van der Waals surface area (Å²) in [5, 5.41) is 3.63. The number of halogens is 2. The van der Waals surface area contributed by atoms with Crippen molar-refractivity contribution in [3.05, 3.63) is 46.6 Å². The predicted octanol–water partition coefficient (Wildman–Crippen LogP) is 4.71. The number of carbonyl (C=O) groups excluding carboxylic acids is 1. The molecule has 0 radical (unpaired) electrons. The highest BCUT2D eigenvalue weighted by Gasteiger charge is 2.20. The first-order chi connectivity index (χ1) is 11.9. The van der Waals surface area contributed by atoms with Crippen molar-refractivity contribution < 1.29 is 13.6 Å². The molecule has 3 aromatic rings. The average molecular weight is 379 g/mol. The molecule has 8 heteroatoms. The van der Waals surface area contributed by atoms with Crippen molar-refractivity contribution in [1.29, 1.82) is 0 Å². The van der Waals surface area contributed by atoms with Gasteiger partial charge in [0.05, 0.1) is 10.9 Å². The van der Waals surface area contributed by atoms with Crippen LogP contribution in [0.5, 0.6) is 0 Å². The van der Waals surface area contributed by atoms with Crippen LogP contribution in [0, 0.1) is 25.5 Å². The van der Waals surface area contributed by atoms with Gasteiger partial charge in [0.25, 0.3) is 0 Å². The van der Waals surface area contributed by atoms with Crippen LogP contribution < -0.4 is 5.32 Å². The van der Waals surface area contributed by atoms with Gasteiger partial charge in [-0.25, -0.2) is 18.7 Å². The molecule has 2 heterocycles. The monoisotopic (exact) mass is 379 g/mol. The third-order valence-corrected chi connectivity index (χ3v) is 5.99. The summed E-state index contributed by atoms with van der Waals surface area (Å²) in [5.74, 6) is -1.88. The maximum Gasteiger partial charge on any atom is 0.237 e. The van der Waals surface area contributed by atoms with Crippen LogP contribution in [-0.2, 0) is 4.79 Å². The summed E-state index contributed by atoms with van der Waals surface area (Å²) in [4.78, 5) is 22.9. The lowest BCUT2D eigenvalue weighted by Crippen LogP contribution is -2.23. The lowest BCUT2D eigenvalue weighted by Gasteiger charge is -2.12. The van der Waals surface area contributed by atoms with Crippen LogP contribution in [0.3, 0.4) is 0 Å². The van der Waals surface area contributed by atoms with Crippen molar-refractivity contribution >= 4 is 44.9 Å². The second kappa shape index (κ2) is 7.05. The number of fused-ring (bicyclic) bond motifs is 1. The number of hydrogen-bond acceptors (Lipinski definition) is 5. The molecule has 0 spiro atoms. The summed E-state index contributed by atoms with van der Waals surface area (Å²) in [6, 6.07) is 3.04. The summed E-state index contributed by atoms with van der Waals surface area (Å²) in [5.41, 5.74) is 1.05. The van der Waals surface area contributed by atoms with Gasteiger partial charge >= 0.3 is 0 Å². The summed E-state index contributed by atoms with van der Waals surface area (Å²) in [6.07, 6.45) is 1.48. The van der Waals surface area contributed by atoms with Gasteiger partial charge in [0.2, 0.25) is 5.91 Å². The zero-order valence-corrected chi connectivity index (χ0v) is 15.4. The quantitative estimate of drug-likeness (QED) is 0.527. The van der Waals surface area contributed by atoms with E-state index >= 15 is 0 Å². The molecule has 0 aliphatic rings. The zero-order valence-electron chi connectivity index (χ0n) is 13.8. The number of hydrogen-bond donors (Lipinski definition) is 1. The van der Waals surface area contributed by atoms with E-state index in [9.17, 15) is 13.6 Å². The van der Waals surface area contributed by atoms with Crippen molar-refractivity contribution in [1.82, 2.24) is 9.97 Å². The number of rotatable bonds is 4. The fourth-order valence-corrected chi connectivity index (χ4v) is 4.32. The molecule has 0 fully saturated rings. The number of nitrogens with one attached hydrogen (secondary N) is 1. The SMILES string of the molecule is Cc1sc2ncnc(S[C@@H](C)C(=O)Nc3ccc(F)cc3F)c2c1C. The minimum Gasteiger partial charge on any atom is -0.323 e. The van der Waals surface area contributed by atoms with E-state index in [2.05, 4.69) is 15.3 Å². The van der Waals surface area contributed by atoms with E-state index in [-0.39, 0.29) is 11.6 Å². The summed E-state index contributed by atoms with van der Waals surface area (Å²) in [6.45, 7) is 5.73. The molecule has 0 saturated heterocycles. The van der Waals surface area contributed by atoms with Crippen LogP contribution >= 0.6 is 23.1 Å². The van der Waals surface area contributed by atoms with Crippen LogP contribution in [0.25, 0.3) is 10.2 Å². The molecular weight excluding hydrogens is 364 g/mol. The Morgan fingerprint density at radius 2 is 2.04 bits per heavy atom. The second-order valence-corrected chi connectivity index (χ2v) is 8.05. The van der Waals surface area contributed by atoms with E-state index in [0.29, 0.717) is 5.03 Å². The topological polar surface area (TPSA) is 54.9 Å². The summed E-state index contributed by atoms with van der Waals surface area (Å²) in [7, 11) is 0. The zero-order chi connectivity index (χ0) is 18.1. The van der Waals surface area contributed by atoms with Crippen LogP contribution in [0.15, 0.2) is 29.6 Å². The third kappa shape index (κ3) is 3.64. The van der Waals surface area contributed by atoms with E-state index < -0.39 is 16.9 Å². The standard InChI is InChI=1S/C17H15F2N3OS2/c1-8-9(2)24-16-14(8)17(21-7-20-16)25-10(3)15(23)22-13-5-4-11(18)6-12(13)19/h4-7,10H,1-3H3,(H,22,23)/t10-/m0/s1. The van der Waals surface area contributed by atoms with Crippen LogP contribution in [0.2, 0.25) is 0 Å². The Balaban J connectivity index is 1.80. The Hall–Kier alpha value is -2.06. The molecule has 2 aromatic heterocycles. The molecule has 0 bridgehead atoms. The Kier molecular flexibility index (Phi) is 5.01. The van der Waals surface area contributed by atoms with Gasteiger partial charge in [0.1, 0.15) is 27.8 Å². The molecule has 1 amide bonds. The number of aryl methyl sites for hydroxylation is 2. The molecule has 4 nitrogen and oxygen atoms in total. The first-order valence-corrected chi connectivity index (χ1v) is 9.19. The van der Waals surface area contributed by atoms with E-state index in [1.807, 2.05) is 13.8 Å². The van der Waals surface area contributed by atoms with Gasteiger partial charge in [-0.15, -0.1) is 11.3 Å².